The Morgan fingerprint density at radius 3 is 2.73 bits per heavy atom. The van der Waals surface area contributed by atoms with Crippen molar-refractivity contribution in [3.05, 3.63) is 27.8 Å². The summed E-state index contributed by atoms with van der Waals surface area (Å²) in [5.74, 6) is 1.32. The maximum absolute atomic E-state index is 5.68. The fourth-order valence-electron chi connectivity index (χ4n) is 1.37. The normalized spacial score (nSPS) is 10.3. The zero-order chi connectivity index (χ0) is 10.8. The van der Waals surface area contributed by atoms with Gasteiger partial charge in [-0.25, -0.2) is 0 Å². The second-order valence-corrected chi connectivity index (χ2v) is 4.08. The first-order valence-corrected chi connectivity index (χ1v) is 5.44. The Labute approximate surface area is 101 Å². The monoisotopic (exact) mass is 315 g/mol. The van der Waals surface area contributed by atoms with Gasteiger partial charge in [0, 0.05) is 5.56 Å². The van der Waals surface area contributed by atoms with Crippen LogP contribution in [-0.4, -0.2) is 17.3 Å². The van der Waals surface area contributed by atoms with E-state index in [1.807, 2.05) is 24.3 Å². The topological polar surface area (TPSA) is 63.9 Å². The zero-order valence-corrected chi connectivity index (χ0v) is 10.3. The highest BCUT2D eigenvalue weighted by atomic mass is 127. The van der Waals surface area contributed by atoms with E-state index in [0.29, 0.717) is 5.82 Å². The lowest BCUT2D eigenvalue weighted by atomic mass is 10.1. The molecular weight excluding hydrogens is 305 g/mol. The van der Waals surface area contributed by atoms with Crippen LogP contribution in [0.25, 0.3) is 11.3 Å². The molecule has 0 aliphatic rings. The van der Waals surface area contributed by atoms with Crippen LogP contribution in [0.4, 0.5) is 5.82 Å². The van der Waals surface area contributed by atoms with E-state index in [0.717, 1.165) is 20.6 Å². The molecule has 0 fully saturated rings. The fraction of sp³-hybridized carbons (Fsp3) is 0.100. The number of rotatable bonds is 2. The number of halogens is 1. The molecule has 1 aromatic carbocycles. The van der Waals surface area contributed by atoms with Gasteiger partial charge in [0.15, 0.2) is 5.82 Å². The average molecular weight is 315 g/mol. The molecule has 0 saturated carbocycles. The lowest BCUT2D eigenvalue weighted by Gasteiger charge is -2.06. The van der Waals surface area contributed by atoms with E-state index < -0.39 is 0 Å². The highest BCUT2D eigenvalue weighted by Gasteiger charge is 2.13. The number of nitrogen functional groups attached to an aromatic ring is 1. The molecule has 0 saturated heterocycles. The lowest BCUT2D eigenvalue weighted by Crippen LogP contribution is -1.89. The van der Waals surface area contributed by atoms with E-state index in [4.69, 9.17) is 10.5 Å². The number of nitrogens with two attached hydrogens (primary N) is 1. The third-order valence-electron chi connectivity index (χ3n) is 2.11. The number of H-pyrrole nitrogens is 1. The number of anilines is 1. The molecule has 0 amide bonds. The van der Waals surface area contributed by atoms with Gasteiger partial charge in [-0.15, -0.1) is 0 Å². The number of benzene rings is 1. The number of nitrogens with one attached hydrogen (secondary N) is 1. The highest BCUT2D eigenvalue weighted by molar-refractivity contribution is 14.1. The van der Waals surface area contributed by atoms with Crippen LogP contribution in [0, 0.1) is 3.57 Å². The molecule has 3 N–H and O–H groups in total. The number of methoxy groups -OCH3 is 1. The summed E-state index contributed by atoms with van der Waals surface area (Å²) >= 11 is 2.16. The smallest absolute Gasteiger partial charge is 0.159 e. The number of ether oxygens (including phenoxy) is 1. The van der Waals surface area contributed by atoms with E-state index in [2.05, 4.69) is 32.8 Å². The van der Waals surface area contributed by atoms with Gasteiger partial charge in [-0.3, -0.25) is 5.10 Å². The second-order valence-electron chi connectivity index (χ2n) is 3.00. The molecule has 0 spiro atoms. The summed E-state index contributed by atoms with van der Waals surface area (Å²) in [6.07, 6.45) is 0. The van der Waals surface area contributed by atoms with Crippen LogP contribution < -0.4 is 10.5 Å². The van der Waals surface area contributed by atoms with Crippen LogP contribution in [0.15, 0.2) is 24.3 Å². The quantitative estimate of drug-likeness (QED) is 0.836. The second kappa shape index (κ2) is 4.09. The van der Waals surface area contributed by atoms with Crippen molar-refractivity contribution in [2.75, 3.05) is 12.8 Å². The lowest BCUT2D eigenvalue weighted by molar-refractivity contribution is 0.416. The van der Waals surface area contributed by atoms with Crippen LogP contribution >= 0.6 is 22.6 Å². The Morgan fingerprint density at radius 1 is 1.40 bits per heavy atom. The van der Waals surface area contributed by atoms with Crippen molar-refractivity contribution in [2.45, 2.75) is 0 Å². The fourth-order valence-corrected chi connectivity index (χ4v) is 1.90. The molecule has 0 unspecified atom stereocenters. The standard InChI is InChI=1S/C10H10IN3O/c1-15-7-5-3-2-4-6(7)9-8(11)10(12)14-13-9/h2-5H,1H3,(H3,12,13,14). The van der Waals surface area contributed by atoms with Crippen molar-refractivity contribution >= 4 is 28.4 Å². The molecule has 0 bridgehead atoms. The van der Waals surface area contributed by atoms with Gasteiger partial charge in [-0.05, 0) is 34.7 Å². The molecular formula is C10H10IN3O. The van der Waals surface area contributed by atoms with Gasteiger partial charge in [-0.2, -0.15) is 5.10 Å². The predicted octanol–water partition coefficient (Wildman–Crippen LogP) is 2.27. The van der Waals surface area contributed by atoms with Gasteiger partial charge >= 0.3 is 0 Å². The molecule has 1 aromatic heterocycles. The van der Waals surface area contributed by atoms with Crippen molar-refractivity contribution in [3.63, 3.8) is 0 Å². The van der Waals surface area contributed by atoms with E-state index >= 15 is 0 Å². The van der Waals surface area contributed by atoms with E-state index in [1.54, 1.807) is 7.11 Å². The number of hydrogen-bond acceptors (Lipinski definition) is 3. The number of nitrogens with zero attached hydrogens (tertiary/aromatic N) is 1. The molecule has 0 radical (unpaired) electrons. The largest absolute Gasteiger partial charge is 0.496 e. The van der Waals surface area contributed by atoms with Crippen molar-refractivity contribution in [1.29, 1.82) is 0 Å². The molecule has 15 heavy (non-hydrogen) atoms. The van der Waals surface area contributed by atoms with Crippen LogP contribution in [0.2, 0.25) is 0 Å². The van der Waals surface area contributed by atoms with Crippen LogP contribution in [0.1, 0.15) is 0 Å². The van der Waals surface area contributed by atoms with Crippen LogP contribution in [0.3, 0.4) is 0 Å². The third-order valence-corrected chi connectivity index (χ3v) is 3.20. The number of aromatic amines is 1. The van der Waals surface area contributed by atoms with Gasteiger partial charge in [0.05, 0.1) is 16.4 Å². The van der Waals surface area contributed by atoms with E-state index in [-0.39, 0.29) is 0 Å². The van der Waals surface area contributed by atoms with Gasteiger partial charge < -0.3 is 10.5 Å². The van der Waals surface area contributed by atoms with Crippen LogP contribution in [-0.2, 0) is 0 Å². The zero-order valence-electron chi connectivity index (χ0n) is 8.12. The molecule has 0 atom stereocenters. The summed E-state index contributed by atoms with van der Waals surface area (Å²) in [6, 6.07) is 7.75. The first-order chi connectivity index (χ1) is 7.24. The maximum Gasteiger partial charge on any atom is 0.159 e. The van der Waals surface area contributed by atoms with Gasteiger partial charge in [0.1, 0.15) is 5.75 Å². The average Bonchev–Trinajstić information content (AvgIpc) is 2.60. The minimum absolute atomic E-state index is 0.511. The van der Waals surface area contributed by atoms with Gasteiger partial charge in [0.25, 0.3) is 0 Å². The Balaban J connectivity index is 2.58. The molecule has 0 aliphatic carbocycles. The predicted molar refractivity (Wildman–Crippen MR) is 67.7 cm³/mol. The Hall–Kier alpha value is -1.24. The number of aromatic nitrogens is 2. The van der Waals surface area contributed by atoms with Crippen LogP contribution in [0.5, 0.6) is 5.75 Å². The molecule has 0 aliphatic heterocycles. The minimum Gasteiger partial charge on any atom is -0.496 e. The van der Waals surface area contributed by atoms with E-state index in [9.17, 15) is 0 Å². The Kier molecular flexibility index (Phi) is 2.81. The number of hydrogen-bond donors (Lipinski definition) is 2. The van der Waals surface area contributed by atoms with Crippen molar-refractivity contribution in [3.8, 4) is 17.0 Å². The van der Waals surface area contributed by atoms with E-state index in [1.165, 1.54) is 0 Å². The maximum atomic E-state index is 5.68. The first kappa shape index (κ1) is 10.3. The highest BCUT2D eigenvalue weighted by Crippen LogP contribution is 2.32. The summed E-state index contributed by atoms with van der Waals surface area (Å²) in [4.78, 5) is 0. The summed E-state index contributed by atoms with van der Waals surface area (Å²) in [5, 5.41) is 6.86. The van der Waals surface area contributed by atoms with Gasteiger partial charge in [0.2, 0.25) is 0 Å². The summed E-state index contributed by atoms with van der Waals surface area (Å²) in [7, 11) is 1.64. The molecule has 78 valence electrons. The first-order valence-electron chi connectivity index (χ1n) is 4.36. The summed E-state index contributed by atoms with van der Waals surface area (Å²) < 4.78 is 6.19. The summed E-state index contributed by atoms with van der Waals surface area (Å²) in [5.41, 5.74) is 7.54. The molecule has 1 heterocycles. The Morgan fingerprint density at radius 2 is 2.13 bits per heavy atom. The van der Waals surface area contributed by atoms with Crippen molar-refractivity contribution in [1.82, 2.24) is 10.2 Å². The SMILES string of the molecule is COc1ccccc1-c1[nH]nc(N)c1I. The van der Waals surface area contributed by atoms with Crippen molar-refractivity contribution in [2.24, 2.45) is 0 Å². The summed E-state index contributed by atoms with van der Waals surface area (Å²) in [6.45, 7) is 0. The van der Waals surface area contributed by atoms with Gasteiger partial charge in [-0.1, -0.05) is 12.1 Å². The Bertz CT molecular complexity index is 481. The third kappa shape index (κ3) is 1.79. The molecule has 2 aromatic rings. The molecule has 2 rings (SSSR count). The number of para-hydroxylation sites is 1. The minimum atomic E-state index is 0.511. The molecule has 4 nitrogen and oxygen atoms in total. The molecule has 5 heteroatoms. The van der Waals surface area contributed by atoms with Crippen molar-refractivity contribution < 1.29 is 4.74 Å².